The average molecular weight is 244 g/mol. The van der Waals surface area contributed by atoms with Crippen LogP contribution in [0.3, 0.4) is 0 Å². The summed E-state index contributed by atoms with van der Waals surface area (Å²) in [5.74, 6) is -0.0495. The Bertz CT molecular complexity index is 381. The van der Waals surface area contributed by atoms with E-state index in [1.165, 1.54) is 17.0 Å². The van der Waals surface area contributed by atoms with Gasteiger partial charge in [-0.3, -0.25) is 4.79 Å². The maximum Gasteiger partial charge on any atom is 0.226 e. The number of benzene rings is 1. The molecular weight excluding hydrogens is 230 g/mol. The molecule has 0 aliphatic carbocycles. The van der Waals surface area contributed by atoms with E-state index in [0.717, 1.165) is 0 Å². The third-order valence-corrected chi connectivity index (χ3v) is 2.59. The van der Waals surface area contributed by atoms with Crippen molar-refractivity contribution in [1.82, 2.24) is 4.90 Å². The van der Waals surface area contributed by atoms with Crippen LogP contribution in [0.5, 0.6) is 5.75 Å². The van der Waals surface area contributed by atoms with E-state index in [4.69, 9.17) is 21.8 Å². The lowest BCUT2D eigenvalue weighted by Gasteiger charge is -2.15. The molecule has 0 saturated heterocycles. The Kier molecular flexibility index (Phi) is 4.58. The summed E-state index contributed by atoms with van der Waals surface area (Å²) >= 11 is 5.88. The van der Waals surface area contributed by atoms with Gasteiger partial charge in [0.2, 0.25) is 5.91 Å². The summed E-state index contributed by atoms with van der Waals surface area (Å²) in [6, 6.07) is 4.50. The standard InChI is InChI=1S/C11H14ClNO3/c1-13(4-5-14)11(16)6-8-2-3-9(15)7-10(8)12/h2-3,7,14-15H,4-6H2,1H3. The first-order chi connectivity index (χ1) is 7.54. The summed E-state index contributed by atoms with van der Waals surface area (Å²) in [7, 11) is 1.62. The zero-order valence-corrected chi connectivity index (χ0v) is 9.74. The van der Waals surface area contributed by atoms with Crippen LogP contribution in [0.4, 0.5) is 0 Å². The van der Waals surface area contributed by atoms with Crippen molar-refractivity contribution < 1.29 is 15.0 Å². The van der Waals surface area contributed by atoms with Gasteiger partial charge in [-0.1, -0.05) is 17.7 Å². The number of amides is 1. The Morgan fingerprint density at radius 3 is 2.75 bits per heavy atom. The first-order valence-electron chi connectivity index (χ1n) is 4.87. The SMILES string of the molecule is CN(CCO)C(=O)Cc1ccc(O)cc1Cl. The number of rotatable bonds is 4. The third-order valence-electron chi connectivity index (χ3n) is 2.24. The first kappa shape index (κ1) is 12.8. The van der Waals surface area contributed by atoms with E-state index in [9.17, 15) is 4.79 Å². The average Bonchev–Trinajstić information content (AvgIpc) is 2.22. The molecule has 16 heavy (non-hydrogen) atoms. The molecule has 88 valence electrons. The Labute approximate surface area is 99.1 Å². The molecule has 0 radical (unpaired) electrons. The number of carbonyl (C=O) groups is 1. The van der Waals surface area contributed by atoms with Crippen molar-refractivity contribution in [1.29, 1.82) is 0 Å². The number of halogens is 1. The van der Waals surface area contributed by atoms with Crippen LogP contribution < -0.4 is 0 Å². The molecule has 1 aromatic carbocycles. The number of aliphatic hydroxyl groups excluding tert-OH is 1. The van der Waals surface area contributed by atoms with Gasteiger partial charge < -0.3 is 15.1 Å². The number of hydrogen-bond donors (Lipinski definition) is 2. The van der Waals surface area contributed by atoms with E-state index in [1.807, 2.05) is 0 Å². The molecule has 0 aliphatic heterocycles. The summed E-state index contributed by atoms with van der Waals surface area (Å²) in [4.78, 5) is 13.1. The van der Waals surface area contributed by atoms with E-state index in [0.29, 0.717) is 17.1 Å². The van der Waals surface area contributed by atoms with Crippen molar-refractivity contribution in [2.45, 2.75) is 6.42 Å². The van der Waals surface area contributed by atoms with Crippen LogP contribution in [0.15, 0.2) is 18.2 Å². The smallest absolute Gasteiger partial charge is 0.226 e. The number of carbonyl (C=O) groups excluding carboxylic acids is 1. The highest BCUT2D eigenvalue weighted by atomic mass is 35.5. The summed E-state index contributed by atoms with van der Waals surface area (Å²) in [5.41, 5.74) is 0.661. The van der Waals surface area contributed by atoms with Crippen LogP contribution in [0, 0.1) is 0 Å². The monoisotopic (exact) mass is 243 g/mol. The van der Waals surface area contributed by atoms with Gasteiger partial charge in [0, 0.05) is 18.6 Å². The van der Waals surface area contributed by atoms with E-state index in [1.54, 1.807) is 13.1 Å². The molecule has 0 saturated carbocycles. The molecule has 0 fully saturated rings. The second-order valence-corrected chi connectivity index (χ2v) is 3.90. The quantitative estimate of drug-likeness (QED) is 0.831. The first-order valence-corrected chi connectivity index (χ1v) is 5.24. The molecular formula is C11H14ClNO3. The predicted molar refractivity (Wildman–Crippen MR) is 61.5 cm³/mol. The van der Waals surface area contributed by atoms with Gasteiger partial charge in [-0.2, -0.15) is 0 Å². The maximum atomic E-state index is 11.6. The van der Waals surface area contributed by atoms with Gasteiger partial charge in [0.05, 0.1) is 13.0 Å². The van der Waals surface area contributed by atoms with Crippen molar-refractivity contribution in [3.8, 4) is 5.75 Å². The van der Waals surface area contributed by atoms with Crippen LogP contribution in [-0.2, 0) is 11.2 Å². The van der Waals surface area contributed by atoms with Crippen molar-refractivity contribution in [3.63, 3.8) is 0 Å². The Morgan fingerprint density at radius 2 is 2.19 bits per heavy atom. The number of aromatic hydroxyl groups is 1. The van der Waals surface area contributed by atoms with Crippen LogP contribution in [0.25, 0.3) is 0 Å². The minimum Gasteiger partial charge on any atom is -0.508 e. The molecule has 1 rings (SSSR count). The highest BCUT2D eigenvalue weighted by Crippen LogP contribution is 2.22. The van der Waals surface area contributed by atoms with Gasteiger partial charge in [0.15, 0.2) is 0 Å². The molecule has 0 unspecified atom stereocenters. The minimum atomic E-state index is -0.123. The van der Waals surface area contributed by atoms with E-state index in [-0.39, 0.29) is 24.7 Å². The second-order valence-electron chi connectivity index (χ2n) is 3.49. The molecule has 0 aliphatic rings. The summed E-state index contributed by atoms with van der Waals surface area (Å²) in [5, 5.41) is 18.2. The highest BCUT2D eigenvalue weighted by molar-refractivity contribution is 6.31. The van der Waals surface area contributed by atoms with E-state index in [2.05, 4.69) is 0 Å². The zero-order chi connectivity index (χ0) is 12.1. The Morgan fingerprint density at radius 1 is 1.50 bits per heavy atom. The molecule has 0 aromatic heterocycles. The molecule has 0 spiro atoms. The third kappa shape index (κ3) is 3.40. The van der Waals surface area contributed by atoms with Gasteiger partial charge in [0.1, 0.15) is 5.75 Å². The van der Waals surface area contributed by atoms with Gasteiger partial charge in [-0.25, -0.2) is 0 Å². The lowest BCUT2D eigenvalue weighted by atomic mass is 10.1. The fourth-order valence-electron chi connectivity index (χ4n) is 1.25. The van der Waals surface area contributed by atoms with Crippen LogP contribution in [0.2, 0.25) is 5.02 Å². The molecule has 1 amide bonds. The van der Waals surface area contributed by atoms with Crippen molar-refractivity contribution in [2.24, 2.45) is 0 Å². The van der Waals surface area contributed by atoms with Crippen molar-refractivity contribution in [3.05, 3.63) is 28.8 Å². The van der Waals surface area contributed by atoms with E-state index < -0.39 is 0 Å². The number of phenols is 1. The molecule has 1 aromatic rings. The van der Waals surface area contributed by atoms with E-state index >= 15 is 0 Å². The van der Waals surface area contributed by atoms with Gasteiger partial charge in [-0.15, -0.1) is 0 Å². The van der Waals surface area contributed by atoms with Crippen LogP contribution >= 0.6 is 11.6 Å². The Hall–Kier alpha value is -1.26. The molecule has 2 N–H and O–H groups in total. The normalized spacial score (nSPS) is 10.2. The fraction of sp³-hybridized carbons (Fsp3) is 0.364. The zero-order valence-electron chi connectivity index (χ0n) is 8.98. The number of nitrogens with zero attached hydrogens (tertiary/aromatic N) is 1. The molecule has 0 bridgehead atoms. The lowest BCUT2D eigenvalue weighted by molar-refractivity contribution is -0.129. The fourth-order valence-corrected chi connectivity index (χ4v) is 1.49. The summed E-state index contributed by atoms with van der Waals surface area (Å²) in [6.07, 6.45) is 0.162. The highest BCUT2D eigenvalue weighted by Gasteiger charge is 2.11. The molecule has 4 nitrogen and oxygen atoms in total. The molecule has 5 heteroatoms. The number of aliphatic hydroxyl groups is 1. The largest absolute Gasteiger partial charge is 0.508 e. The van der Waals surface area contributed by atoms with Crippen LogP contribution in [-0.4, -0.2) is 41.2 Å². The molecule has 0 heterocycles. The van der Waals surface area contributed by atoms with Gasteiger partial charge in [0.25, 0.3) is 0 Å². The maximum absolute atomic E-state index is 11.6. The number of hydrogen-bond acceptors (Lipinski definition) is 3. The topological polar surface area (TPSA) is 60.8 Å². The summed E-state index contributed by atoms with van der Waals surface area (Å²) in [6.45, 7) is 0.236. The molecule has 0 atom stereocenters. The number of phenolic OH excluding ortho intramolecular Hbond substituents is 1. The minimum absolute atomic E-state index is 0.0639. The van der Waals surface area contributed by atoms with Crippen molar-refractivity contribution in [2.75, 3.05) is 20.2 Å². The van der Waals surface area contributed by atoms with Crippen molar-refractivity contribution >= 4 is 17.5 Å². The summed E-state index contributed by atoms with van der Waals surface area (Å²) < 4.78 is 0. The van der Waals surface area contributed by atoms with Gasteiger partial charge >= 0.3 is 0 Å². The second kappa shape index (κ2) is 5.72. The van der Waals surface area contributed by atoms with Gasteiger partial charge in [-0.05, 0) is 17.7 Å². The Balaban J connectivity index is 2.69. The van der Waals surface area contributed by atoms with Crippen LogP contribution in [0.1, 0.15) is 5.56 Å². The predicted octanol–water partition coefficient (Wildman–Crippen LogP) is 1.04. The lowest BCUT2D eigenvalue weighted by Crippen LogP contribution is -2.30. The number of likely N-dealkylation sites (N-methyl/N-ethyl adjacent to an activating group) is 1.